The second-order valence-electron chi connectivity index (χ2n) is 7.77. The van der Waals surface area contributed by atoms with Crippen LogP contribution in [0.5, 0.6) is 17.4 Å². The summed E-state index contributed by atoms with van der Waals surface area (Å²) in [6.07, 6.45) is 1.49. The predicted octanol–water partition coefficient (Wildman–Crippen LogP) is 4.59. The molecule has 1 fully saturated rings. The Morgan fingerprint density at radius 1 is 1.09 bits per heavy atom. The molecule has 2 heterocycles. The molecule has 32 heavy (non-hydrogen) atoms. The highest BCUT2D eigenvalue weighted by molar-refractivity contribution is 6.30. The zero-order valence-electron chi connectivity index (χ0n) is 18.3. The number of carbonyl (C=O) groups is 1. The lowest BCUT2D eigenvalue weighted by atomic mass is 10.1. The SMILES string of the molecule is COc1cc(C)ccc1Oc1cc(N2CCN(C(=O)c3cccc(Cl)c3)C(C)C2)ncn1. The number of carbonyl (C=O) groups excluding carboxylic acids is 1. The molecule has 3 aromatic rings. The van der Waals surface area contributed by atoms with Crippen molar-refractivity contribution in [1.82, 2.24) is 14.9 Å². The standard InChI is InChI=1S/C24H25ClN4O3/c1-16-7-8-20(21(11-16)31-3)32-23-13-22(26-15-27-23)28-9-10-29(17(2)14-28)24(30)18-5-4-6-19(25)12-18/h4-8,11-13,15,17H,9-10,14H2,1-3H3. The largest absolute Gasteiger partial charge is 0.493 e. The quantitative estimate of drug-likeness (QED) is 0.564. The zero-order chi connectivity index (χ0) is 22.7. The lowest BCUT2D eigenvalue weighted by molar-refractivity contribution is 0.0673. The molecule has 4 rings (SSSR count). The average molecular weight is 453 g/mol. The van der Waals surface area contributed by atoms with E-state index in [1.54, 1.807) is 37.4 Å². The number of hydrogen-bond donors (Lipinski definition) is 0. The third-order valence-electron chi connectivity index (χ3n) is 5.45. The van der Waals surface area contributed by atoms with Crippen LogP contribution in [0, 0.1) is 6.92 Å². The maximum Gasteiger partial charge on any atom is 0.254 e. The van der Waals surface area contributed by atoms with Gasteiger partial charge in [-0.2, -0.15) is 0 Å². The molecule has 0 aliphatic carbocycles. The normalized spacial score (nSPS) is 16.1. The summed E-state index contributed by atoms with van der Waals surface area (Å²) in [5.74, 6) is 2.41. The zero-order valence-corrected chi connectivity index (χ0v) is 19.0. The maximum absolute atomic E-state index is 12.9. The number of hydrogen-bond acceptors (Lipinski definition) is 6. The fourth-order valence-electron chi connectivity index (χ4n) is 3.79. The molecule has 1 aromatic heterocycles. The Morgan fingerprint density at radius 3 is 2.69 bits per heavy atom. The van der Waals surface area contributed by atoms with Crippen LogP contribution in [0.2, 0.25) is 5.02 Å². The highest BCUT2D eigenvalue weighted by atomic mass is 35.5. The molecule has 0 saturated carbocycles. The van der Waals surface area contributed by atoms with Gasteiger partial charge < -0.3 is 19.3 Å². The minimum atomic E-state index is -0.0159. The Hall–Kier alpha value is -3.32. The van der Waals surface area contributed by atoms with Crippen molar-refractivity contribution in [2.24, 2.45) is 0 Å². The van der Waals surface area contributed by atoms with Gasteiger partial charge in [0, 0.05) is 42.3 Å². The van der Waals surface area contributed by atoms with E-state index in [0.29, 0.717) is 47.6 Å². The Bertz CT molecular complexity index is 1120. The van der Waals surface area contributed by atoms with Gasteiger partial charge in [0.15, 0.2) is 11.5 Å². The Balaban J connectivity index is 1.46. The summed E-state index contributed by atoms with van der Waals surface area (Å²) in [4.78, 5) is 25.6. The van der Waals surface area contributed by atoms with Crippen molar-refractivity contribution in [3.8, 4) is 17.4 Å². The van der Waals surface area contributed by atoms with Gasteiger partial charge in [-0.25, -0.2) is 9.97 Å². The monoisotopic (exact) mass is 452 g/mol. The van der Waals surface area contributed by atoms with Crippen LogP contribution >= 0.6 is 11.6 Å². The van der Waals surface area contributed by atoms with Crippen LogP contribution < -0.4 is 14.4 Å². The van der Waals surface area contributed by atoms with E-state index in [9.17, 15) is 4.79 Å². The minimum absolute atomic E-state index is 0.00626. The van der Waals surface area contributed by atoms with Gasteiger partial charge in [0.2, 0.25) is 5.88 Å². The molecule has 1 saturated heterocycles. The summed E-state index contributed by atoms with van der Waals surface area (Å²) < 4.78 is 11.4. The fourth-order valence-corrected chi connectivity index (χ4v) is 3.98. The van der Waals surface area contributed by atoms with Crippen molar-refractivity contribution in [2.45, 2.75) is 19.9 Å². The minimum Gasteiger partial charge on any atom is -0.493 e. The van der Waals surface area contributed by atoms with Crippen molar-refractivity contribution < 1.29 is 14.3 Å². The summed E-state index contributed by atoms with van der Waals surface area (Å²) in [5.41, 5.74) is 1.68. The molecule has 0 radical (unpaired) electrons. The second-order valence-corrected chi connectivity index (χ2v) is 8.21. The van der Waals surface area contributed by atoms with Gasteiger partial charge in [0.05, 0.1) is 7.11 Å². The summed E-state index contributed by atoms with van der Waals surface area (Å²) >= 11 is 6.05. The van der Waals surface area contributed by atoms with Gasteiger partial charge in [0.25, 0.3) is 5.91 Å². The number of anilines is 1. The number of halogens is 1. The van der Waals surface area contributed by atoms with Crippen LogP contribution in [0.25, 0.3) is 0 Å². The fraction of sp³-hybridized carbons (Fsp3) is 0.292. The molecule has 7 nitrogen and oxygen atoms in total. The van der Waals surface area contributed by atoms with E-state index in [-0.39, 0.29) is 11.9 Å². The first kappa shape index (κ1) is 21.9. The highest BCUT2D eigenvalue weighted by Gasteiger charge is 2.29. The van der Waals surface area contributed by atoms with Crippen molar-refractivity contribution in [1.29, 1.82) is 0 Å². The van der Waals surface area contributed by atoms with Crippen molar-refractivity contribution >= 4 is 23.3 Å². The third kappa shape index (κ3) is 4.78. The van der Waals surface area contributed by atoms with Gasteiger partial charge in [-0.1, -0.05) is 23.7 Å². The number of aromatic nitrogens is 2. The van der Waals surface area contributed by atoms with Crippen LogP contribution in [0.3, 0.4) is 0 Å². The van der Waals surface area contributed by atoms with E-state index in [1.807, 2.05) is 36.9 Å². The first-order chi connectivity index (χ1) is 15.4. The summed E-state index contributed by atoms with van der Waals surface area (Å²) in [5, 5.41) is 0.556. The molecule has 0 spiro atoms. The lowest BCUT2D eigenvalue weighted by Gasteiger charge is -2.40. The number of nitrogens with zero attached hydrogens (tertiary/aromatic N) is 4. The van der Waals surface area contributed by atoms with Crippen molar-refractivity contribution in [2.75, 3.05) is 31.6 Å². The topological polar surface area (TPSA) is 67.8 Å². The first-order valence-electron chi connectivity index (χ1n) is 10.4. The van der Waals surface area contributed by atoms with Gasteiger partial charge >= 0.3 is 0 Å². The molecule has 166 valence electrons. The van der Waals surface area contributed by atoms with Crippen LogP contribution in [-0.4, -0.2) is 53.6 Å². The molecule has 1 aliphatic heterocycles. The molecule has 1 atom stereocenters. The predicted molar refractivity (Wildman–Crippen MR) is 124 cm³/mol. The van der Waals surface area contributed by atoms with E-state index in [2.05, 4.69) is 14.9 Å². The van der Waals surface area contributed by atoms with E-state index >= 15 is 0 Å². The second kappa shape index (κ2) is 9.44. The number of amides is 1. The van der Waals surface area contributed by atoms with Crippen molar-refractivity contribution in [3.63, 3.8) is 0 Å². The van der Waals surface area contributed by atoms with Crippen LogP contribution in [0.15, 0.2) is 54.9 Å². The third-order valence-corrected chi connectivity index (χ3v) is 5.68. The number of methoxy groups -OCH3 is 1. The van der Waals surface area contributed by atoms with E-state index in [1.165, 1.54) is 6.33 Å². The lowest BCUT2D eigenvalue weighted by Crippen LogP contribution is -2.54. The molecule has 1 aliphatic rings. The Kier molecular flexibility index (Phi) is 6.46. The first-order valence-corrected chi connectivity index (χ1v) is 10.8. The van der Waals surface area contributed by atoms with Gasteiger partial charge in [0.1, 0.15) is 12.1 Å². The number of benzene rings is 2. The maximum atomic E-state index is 12.9. The Morgan fingerprint density at radius 2 is 1.94 bits per heavy atom. The molecule has 1 unspecified atom stereocenters. The van der Waals surface area contributed by atoms with Gasteiger partial charge in [-0.3, -0.25) is 4.79 Å². The van der Waals surface area contributed by atoms with E-state index in [0.717, 1.165) is 11.4 Å². The summed E-state index contributed by atoms with van der Waals surface area (Å²) in [6, 6.07) is 14.6. The van der Waals surface area contributed by atoms with Crippen LogP contribution in [-0.2, 0) is 0 Å². The summed E-state index contributed by atoms with van der Waals surface area (Å²) in [7, 11) is 1.61. The molecule has 1 amide bonds. The van der Waals surface area contributed by atoms with Crippen molar-refractivity contribution in [3.05, 3.63) is 71.0 Å². The molecule has 8 heteroatoms. The summed E-state index contributed by atoms with van der Waals surface area (Å²) in [6.45, 7) is 5.91. The van der Waals surface area contributed by atoms with Crippen LogP contribution in [0.4, 0.5) is 5.82 Å². The molecule has 2 aromatic carbocycles. The molecule has 0 bridgehead atoms. The van der Waals surface area contributed by atoms with Gasteiger partial charge in [-0.15, -0.1) is 0 Å². The number of rotatable bonds is 5. The highest BCUT2D eigenvalue weighted by Crippen LogP contribution is 2.32. The van der Waals surface area contributed by atoms with E-state index in [4.69, 9.17) is 21.1 Å². The molecular weight excluding hydrogens is 428 g/mol. The smallest absolute Gasteiger partial charge is 0.254 e. The molecule has 0 N–H and O–H groups in total. The van der Waals surface area contributed by atoms with E-state index < -0.39 is 0 Å². The number of piperazine rings is 1. The van der Waals surface area contributed by atoms with Crippen LogP contribution in [0.1, 0.15) is 22.8 Å². The average Bonchev–Trinajstić information content (AvgIpc) is 2.80. The molecular formula is C24H25ClN4O3. The number of aryl methyl sites for hydroxylation is 1. The number of ether oxygens (including phenoxy) is 2. The van der Waals surface area contributed by atoms with Gasteiger partial charge in [-0.05, 0) is 49.7 Å². The Labute approximate surface area is 192 Å².